The number of carbonyl (C=O) groups excluding carboxylic acids is 2. The van der Waals surface area contributed by atoms with Crippen molar-refractivity contribution in [3.63, 3.8) is 0 Å². The molecule has 27 heavy (non-hydrogen) atoms. The number of hydrogen-bond acceptors (Lipinski definition) is 3. The fourth-order valence-electron chi connectivity index (χ4n) is 2.68. The number of rotatable bonds is 6. The minimum Gasteiger partial charge on any atom is -0.399 e. The largest absolute Gasteiger partial charge is 0.399 e. The molecule has 0 saturated heterocycles. The van der Waals surface area contributed by atoms with Gasteiger partial charge in [0.15, 0.2) is 0 Å². The number of benzene rings is 3. The Hall–Kier alpha value is -3.60. The first-order valence-corrected chi connectivity index (χ1v) is 8.67. The van der Waals surface area contributed by atoms with Gasteiger partial charge in [0.1, 0.15) is 0 Å². The summed E-state index contributed by atoms with van der Waals surface area (Å²) in [6.07, 6.45) is 0.209. The quantitative estimate of drug-likeness (QED) is 0.590. The standard InChI is InChI=1S/C22H21N3O2/c23-18-12-10-16(11-13-18)14-21(26)25-20-9-5-4-8-19(20)22(27)24-15-17-6-2-1-3-7-17/h1-13H,14-15,23H2,(H,24,27)(H,25,26). The Bertz CT molecular complexity index is 922. The number of amides is 2. The zero-order valence-electron chi connectivity index (χ0n) is 14.8. The zero-order valence-corrected chi connectivity index (χ0v) is 14.8. The Morgan fingerprint density at radius 2 is 1.44 bits per heavy atom. The van der Waals surface area contributed by atoms with E-state index in [1.807, 2.05) is 42.5 Å². The number of anilines is 2. The highest BCUT2D eigenvalue weighted by Crippen LogP contribution is 2.16. The van der Waals surface area contributed by atoms with Gasteiger partial charge >= 0.3 is 0 Å². The smallest absolute Gasteiger partial charge is 0.253 e. The average molecular weight is 359 g/mol. The van der Waals surface area contributed by atoms with Crippen LogP contribution in [0.5, 0.6) is 0 Å². The van der Waals surface area contributed by atoms with Crippen LogP contribution in [0.1, 0.15) is 21.5 Å². The van der Waals surface area contributed by atoms with Crippen LogP contribution in [0.3, 0.4) is 0 Å². The molecule has 5 heteroatoms. The summed E-state index contributed by atoms with van der Waals surface area (Å²) >= 11 is 0. The third kappa shape index (κ3) is 5.19. The minimum absolute atomic E-state index is 0.192. The van der Waals surface area contributed by atoms with Crippen LogP contribution < -0.4 is 16.4 Å². The summed E-state index contributed by atoms with van der Waals surface area (Å²) in [5.74, 6) is -0.426. The Balaban J connectivity index is 1.65. The van der Waals surface area contributed by atoms with Crippen LogP contribution in [0, 0.1) is 0 Å². The van der Waals surface area contributed by atoms with Gasteiger partial charge in [-0.05, 0) is 35.4 Å². The summed E-state index contributed by atoms with van der Waals surface area (Å²) in [5.41, 5.74) is 9.10. The molecule has 136 valence electrons. The van der Waals surface area contributed by atoms with E-state index in [4.69, 9.17) is 5.73 Å². The monoisotopic (exact) mass is 359 g/mol. The summed E-state index contributed by atoms with van der Waals surface area (Å²) < 4.78 is 0. The summed E-state index contributed by atoms with van der Waals surface area (Å²) in [6.45, 7) is 0.424. The van der Waals surface area contributed by atoms with Crippen molar-refractivity contribution in [2.45, 2.75) is 13.0 Å². The predicted molar refractivity (Wildman–Crippen MR) is 107 cm³/mol. The molecule has 0 radical (unpaired) electrons. The van der Waals surface area contributed by atoms with Crippen LogP contribution >= 0.6 is 0 Å². The summed E-state index contributed by atoms with van der Waals surface area (Å²) in [7, 11) is 0. The molecule has 0 bridgehead atoms. The van der Waals surface area contributed by atoms with Gasteiger partial charge in [-0.25, -0.2) is 0 Å². The molecule has 3 aromatic carbocycles. The molecule has 0 saturated carbocycles. The highest BCUT2D eigenvalue weighted by atomic mass is 16.2. The van der Waals surface area contributed by atoms with Crippen LogP contribution in [0.2, 0.25) is 0 Å². The third-order valence-electron chi connectivity index (χ3n) is 4.09. The highest BCUT2D eigenvalue weighted by molar-refractivity contribution is 6.04. The fraction of sp³-hybridized carbons (Fsp3) is 0.0909. The number of para-hydroxylation sites is 1. The second kappa shape index (κ2) is 8.67. The van der Waals surface area contributed by atoms with Gasteiger partial charge in [-0.3, -0.25) is 9.59 Å². The van der Waals surface area contributed by atoms with E-state index in [0.717, 1.165) is 11.1 Å². The van der Waals surface area contributed by atoms with Crippen LogP contribution in [0.25, 0.3) is 0 Å². The van der Waals surface area contributed by atoms with Gasteiger partial charge < -0.3 is 16.4 Å². The lowest BCUT2D eigenvalue weighted by Gasteiger charge is -2.12. The molecular weight excluding hydrogens is 338 g/mol. The molecular formula is C22H21N3O2. The SMILES string of the molecule is Nc1ccc(CC(=O)Nc2ccccc2C(=O)NCc2ccccc2)cc1. The van der Waals surface area contributed by atoms with E-state index < -0.39 is 0 Å². The number of nitrogens with two attached hydrogens (primary N) is 1. The maximum atomic E-state index is 12.5. The van der Waals surface area contributed by atoms with Crippen molar-refractivity contribution in [2.24, 2.45) is 0 Å². The van der Waals surface area contributed by atoms with Crippen molar-refractivity contribution >= 4 is 23.2 Å². The van der Waals surface area contributed by atoms with Gasteiger partial charge in [0.25, 0.3) is 5.91 Å². The first-order valence-electron chi connectivity index (χ1n) is 8.67. The Morgan fingerprint density at radius 1 is 0.778 bits per heavy atom. The van der Waals surface area contributed by atoms with Crippen LogP contribution in [0.4, 0.5) is 11.4 Å². The summed E-state index contributed by atoms with van der Waals surface area (Å²) in [4.78, 5) is 24.9. The molecule has 3 rings (SSSR count). The maximum Gasteiger partial charge on any atom is 0.253 e. The molecule has 0 spiro atoms. The molecule has 0 fully saturated rings. The Kier molecular flexibility index (Phi) is 5.84. The summed E-state index contributed by atoms with van der Waals surface area (Å²) in [5, 5.41) is 5.70. The van der Waals surface area contributed by atoms with Gasteiger partial charge in [-0.2, -0.15) is 0 Å². The van der Waals surface area contributed by atoms with E-state index in [9.17, 15) is 9.59 Å². The van der Waals surface area contributed by atoms with E-state index in [1.54, 1.807) is 36.4 Å². The normalized spacial score (nSPS) is 10.2. The second-order valence-electron chi connectivity index (χ2n) is 6.18. The van der Waals surface area contributed by atoms with Crippen molar-refractivity contribution in [1.29, 1.82) is 0 Å². The van der Waals surface area contributed by atoms with Crippen molar-refractivity contribution in [3.8, 4) is 0 Å². The molecule has 0 aliphatic carbocycles. The average Bonchev–Trinajstić information content (AvgIpc) is 2.69. The van der Waals surface area contributed by atoms with E-state index in [-0.39, 0.29) is 18.2 Å². The molecule has 0 aliphatic rings. The van der Waals surface area contributed by atoms with Crippen LogP contribution in [-0.2, 0) is 17.8 Å². The number of carbonyl (C=O) groups is 2. The number of hydrogen-bond donors (Lipinski definition) is 3. The van der Waals surface area contributed by atoms with E-state index >= 15 is 0 Å². The predicted octanol–water partition coefficient (Wildman–Crippen LogP) is 3.38. The van der Waals surface area contributed by atoms with Crippen molar-refractivity contribution in [3.05, 3.63) is 95.6 Å². The number of nitrogens with one attached hydrogen (secondary N) is 2. The first kappa shape index (κ1) is 18.2. The molecule has 0 aliphatic heterocycles. The van der Waals surface area contributed by atoms with Crippen LogP contribution in [-0.4, -0.2) is 11.8 Å². The minimum atomic E-state index is -0.234. The van der Waals surface area contributed by atoms with Crippen molar-refractivity contribution in [2.75, 3.05) is 11.1 Å². The lowest BCUT2D eigenvalue weighted by Crippen LogP contribution is -2.25. The topological polar surface area (TPSA) is 84.2 Å². The molecule has 0 aromatic heterocycles. The zero-order chi connectivity index (χ0) is 19.1. The molecule has 3 aromatic rings. The first-order chi connectivity index (χ1) is 13.1. The second-order valence-corrected chi connectivity index (χ2v) is 6.18. The van der Waals surface area contributed by atoms with E-state index in [0.29, 0.717) is 23.5 Å². The third-order valence-corrected chi connectivity index (χ3v) is 4.09. The van der Waals surface area contributed by atoms with Gasteiger partial charge in [-0.15, -0.1) is 0 Å². The van der Waals surface area contributed by atoms with E-state index in [2.05, 4.69) is 10.6 Å². The molecule has 0 unspecified atom stereocenters. The summed E-state index contributed by atoms with van der Waals surface area (Å²) in [6, 6.07) is 23.8. The van der Waals surface area contributed by atoms with E-state index in [1.165, 1.54) is 0 Å². The van der Waals surface area contributed by atoms with Gasteiger partial charge in [0.2, 0.25) is 5.91 Å². The molecule has 0 heterocycles. The van der Waals surface area contributed by atoms with Crippen molar-refractivity contribution in [1.82, 2.24) is 5.32 Å². The van der Waals surface area contributed by atoms with Gasteiger partial charge in [-0.1, -0.05) is 54.6 Å². The van der Waals surface area contributed by atoms with Crippen molar-refractivity contribution < 1.29 is 9.59 Å². The molecule has 0 atom stereocenters. The lowest BCUT2D eigenvalue weighted by molar-refractivity contribution is -0.115. The highest BCUT2D eigenvalue weighted by Gasteiger charge is 2.13. The molecule has 5 nitrogen and oxygen atoms in total. The maximum absolute atomic E-state index is 12.5. The lowest BCUT2D eigenvalue weighted by atomic mass is 10.1. The molecule has 4 N–H and O–H groups in total. The van der Waals surface area contributed by atoms with Gasteiger partial charge in [0.05, 0.1) is 17.7 Å². The number of nitrogen functional groups attached to an aromatic ring is 1. The Labute approximate surface area is 158 Å². The Morgan fingerprint density at radius 3 is 2.19 bits per heavy atom. The van der Waals surface area contributed by atoms with Gasteiger partial charge in [0, 0.05) is 12.2 Å². The van der Waals surface area contributed by atoms with Crippen LogP contribution in [0.15, 0.2) is 78.9 Å². The molecule has 2 amide bonds. The fourth-order valence-corrected chi connectivity index (χ4v) is 2.68.